The molecule has 0 aliphatic carbocycles. The molecule has 0 fully saturated rings. The first-order chi connectivity index (χ1) is 22.9. The van der Waals surface area contributed by atoms with Crippen molar-refractivity contribution in [1.29, 1.82) is 0 Å². The highest BCUT2D eigenvalue weighted by Gasteiger charge is 2.28. The summed E-state index contributed by atoms with van der Waals surface area (Å²) in [6.45, 7) is 3.15. The number of aliphatic hydroxyl groups excluding tert-OH is 1. The highest BCUT2D eigenvalue weighted by atomic mass is 31.2. The highest BCUT2D eigenvalue weighted by molar-refractivity contribution is 7.47. The Labute approximate surface area is 291 Å². The second kappa shape index (κ2) is 29.7. The van der Waals surface area contributed by atoms with Crippen LogP contribution in [0.25, 0.3) is 0 Å². The van der Waals surface area contributed by atoms with Crippen LogP contribution < -0.4 is 5.32 Å². The van der Waals surface area contributed by atoms with Crippen LogP contribution in [0.3, 0.4) is 0 Å². The van der Waals surface area contributed by atoms with Crippen molar-refractivity contribution in [2.75, 3.05) is 67.8 Å². The zero-order valence-corrected chi connectivity index (χ0v) is 31.3. The topological polar surface area (TPSA) is 131 Å². The van der Waals surface area contributed by atoms with Crippen LogP contribution in [-0.2, 0) is 27.9 Å². The van der Waals surface area contributed by atoms with E-state index in [1.165, 1.54) is 0 Å². The molecule has 0 saturated heterocycles. The number of carbonyl (C=O) groups excluding carboxylic acids is 2. The number of hydrogen-bond donors (Lipinski definition) is 3. The summed E-state index contributed by atoms with van der Waals surface area (Å²) in [5, 5.41) is 12.2. The Balaban J connectivity index is 4.66. The molecule has 276 valence electrons. The quantitative estimate of drug-likeness (QED) is 0.0310. The van der Waals surface area contributed by atoms with Crippen molar-refractivity contribution in [2.24, 2.45) is 11.8 Å². The van der Waals surface area contributed by atoms with E-state index in [0.29, 0.717) is 43.4 Å². The number of quaternary nitrogens is 1. The van der Waals surface area contributed by atoms with Crippen LogP contribution in [0.15, 0.2) is 60.8 Å². The van der Waals surface area contributed by atoms with Gasteiger partial charge >= 0.3 is 7.82 Å². The van der Waals surface area contributed by atoms with Crippen LogP contribution in [0, 0.1) is 11.8 Å². The summed E-state index contributed by atoms with van der Waals surface area (Å²) in [4.78, 5) is 35.9. The number of ether oxygens (including phenoxy) is 1. The first-order valence-electron chi connectivity index (χ1n) is 17.5. The van der Waals surface area contributed by atoms with Crippen LogP contribution in [0.1, 0.15) is 84.0 Å². The molecule has 1 amide bonds. The number of rotatable bonds is 31. The van der Waals surface area contributed by atoms with Crippen molar-refractivity contribution >= 4 is 19.5 Å². The Hall–Kier alpha value is -2.17. The van der Waals surface area contributed by atoms with Crippen molar-refractivity contribution in [1.82, 2.24) is 5.32 Å². The summed E-state index contributed by atoms with van der Waals surface area (Å²) >= 11 is 0. The van der Waals surface area contributed by atoms with Gasteiger partial charge in [0.05, 0.1) is 40.3 Å². The van der Waals surface area contributed by atoms with Crippen molar-refractivity contribution in [3.8, 4) is 0 Å². The molecule has 0 aromatic heterocycles. The largest absolute Gasteiger partial charge is 0.472 e. The van der Waals surface area contributed by atoms with Gasteiger partial charge in [-0.2, -0.15) is 0 Å². The monoisotopic (exact) mass is 697 g/mol. The standard InChI is InChI=1S/C37H65N2O8P/c1-6-7-8-9-10-11-12-13-14-15-16-17-18-19-20-21-22-26-36(41)30-35(33-47-48(43,44)46-29-28-39(2,3)4)37(42)38-27-24-23-25-34(31-40)32-45-5/h7-8,10-11,13-14,16-17,19-20,34-35,40H,6,9,12,15,18,21-33H2,1-5H3,(H-,38,42,43,44)/p+1/b8-7-,11-10-,14-13-,17-16-,20-19-/t34?,35-/m0/s1. The Morgan fingerprint density at radius 1 is 0.833 bits per heavy atom. The summed E-state index contributed by atoms with van der Waals surface area (Å²) in [5.74, 6) is -1.36. The minimum Gasteiger partial charge on any atom is -0.396 e. The first kappa shape index (κ1) is 45.8. The average Bonchev–Trinajstić information content (AvgIpc) is 3.02. The molecule has 3 atom stereocenters. The van der Waals surface area contributed by atoms with Crippen LogP contribution in [0.5, 0.6) is 0 Å². The third-order valence-corrected chi connectivity index (χ3v) is 8.27. The fraction of sp³-hybridized carbons (Fsp3) is 0.676. The van der Waals surface area contributed by atoms with Crippen LogP contribution in [0.4, 0.5) is 0 Å². The number of hydrogen-bond acceptors (Lipinski definition) is 7. The van der Waals surface area contributed by atoms with Crippen LogP contribution in [0.2, 0.25) is 0 Å². The molecule has 0 bridgehead atoms. The smallest absolute Gasteiger partial charge is 0.396 e. The number of aliphatic hydroxyl groups is 1. The maximum absolute atomic E-state index is 13.0. The van der Waals surface area contributed by atoms with Gasteiger partial charge < -0.3 is 24.5 Å². The molecule has 0 radical (unpaired) electrons. The van der Waals surface area contributed by atoms with Crippen molar-refractivity contribution in [2.45, 2.75) is 84.0 Å². The lowest BCUT2D eigenvalue weighted by Gasteiger charge is -2.24. The lowest BCUT2D eigenvalue weighted by Crippen LogP contribution is -2.37. The number of nitrogens with zero attached hydrogens (tertiary/aromatic N) is 1. The molecule has 0 heterocycles. The van der Waals surface area contributed by atoms with E-state index in [9.17, 15) is 24.2 Å². The summed E-state index contributed by atoms with van der Waals surface area (Å²) < 4.78 is 28.3. The predicted octanol–water partition coefficient (Wildman–Crippen LogP) is 6.86. The van der Waals surface area contributed by atoms with Crippen molar-refractivity contribution in [3.63, 3.8) is 0 Å². The number of unbranched alkanes of at least 4 members (excludes halogenated alkanes) is 2. The van der Waals surface area contributed by atoms with E-state index in [0.717, 1.165) is 51.4 Å². The summed E-state index contributed by atoms with van der Waals surface area (Å²) in [6.07, 6.45) is 30.0. The Morgan fingerprint density at radius 2 is 1.42 bits per heavy atom. The molecular weight excluding hydrogens is 631 g/mol. The molecule has 2 unspecified atom stereocenters. The van der Waals surface area contributed by atoms with Gasteiger partial charge in [0, 0.05) is 39.0 Å². The second-order valence-electron chi connectivity index (χ2n) is 12.9. The molecule has 0 saturated carbocycles. The Morgan fingerprint density at radius 3 is 1.96 bits per heavy atom. The molecule has 0 aliphatic rings. The number of phosphoric acid groups is 1. The number of methoxy groups -OCH3 is 1. The van der Waals surface area contributed by atoms with Gasteiger partial charge in [0.1, 0.15) is 18.9 Å². The maximum Gasteiger partial charge on any atom is 0.472 e. The summed E-state index contributed by atoms with van der Waals surface area (Å²) in [5.41, 5.74) is 0. The predicted molar refractivity (Wildman–Crippen MR) is 195 cm³/mol. The molecular formula is C37H66N2O8P+. The molecule has 0 aromatic rings. The number of Topliss-reactive ketones (excluding diaryl/α,β-unsaturated/α-hetero) is 1. The lowest BCUT2D eigenvalue weighted by atomic mass is 9.99. The molecule has 10 nitrogen and oxygen atoms in total. The Bertz CT molecular complexity index is 1030. The minimum atomic E-state index is -4.39. The van der Waals surface area contributed by atoms with Crippen LogP contribution >= 0.6 is 7.82 Å². The fourth-order valence-corrected chi connectivity index (χ4v) is 5.17. The van der Waals surface area contributed by atoms with Gasteiger partial charge in [0.2, 0.25) is 5.91 Å². The lowest BCUT2D eigenvalue weighted by molar-refractivity contribution is -0.870. The van der Waals surface area contributed by atoms with Gasteiger partial charge in [0.25, 0.3) is 0 Å². The van der Waals surface area contributed by atoms with Crippen molar-refractivity contribution < 1.29 is 42.4 Å². The SMILES string of the molecule is CC/C=C\C/C=C\C/C=C\C/C=C\C/C=C\CCCC(=O)C[C@@H](COP(=O)(O)OCC[N+](C)(C)C)C(=O)NCCCCC(CO)COC. The third kappa shape index (κ3) is 29.9. The third-order valence-electron chi connectivity index (χ3n) is 7.28. The normalized spacial score (nSPS) is 15.3. The van der Waals surface area contributed by atoms with Gasteiger partial charge in [-0.3, -0.25) is 18.6 Å². The van der Waals surface area contributed by atoms with Gasteiger partial charge in [-0.15, -0.1) is 0 Å². The van der Waals surface area contributed by atoms with E-state index >= 15 is 0 Å². The molecule has 0 rings (SSSR count). The number of phosphoric ester groups is 1. The van der Waals surface area contributed by atoms with Crippen LogP contribution in [-0.4, -0.2) is 93.9 Å². The van der Waals surface area contributed by atoms with E-state index in [-0.39, 0.29) is 31.3 Å². The van der Waals surface area contributed by atoms with Gasteiger partial charge in [-0.1, -0.05) is 74.1 Å². The van der Waals surface area contributed by atoms with E-state index in [4.69, 9.17) is 13.8 Å². The molecule has 0 aliphatic heterocycles. The number of carbonyl (C=O) groups is 2. The number of ketones is 1. The second-order valence-corrected chi connectivity index (χ2v) is 14.4. The summed E-state index contributed by atoms with van der Waals surface area (Å²) in [6, 6.07) is 0. The van der Waals surface area contributed by atoms with Crippen molar-refractivity contribution in [3.05, 3.63) is 60.8 Å². The van der Waals surface area contributed by atoms with Gasteiger partial charge in [-0.05, 0) is 57.8 Å². The zero-order chi connectivity index (χ0) is 35.9. The van der Waals surface area contributed by atoms with E-state index in [2.05, 4.69) is 73.0 Å². The minimum absolute atomic E-state index is 0.0147. The molecule has 0 spiro atoms. The maximum atomic E-state index is 13.0. The highest BCUT2D eigenvalue weighted by Crippen LogP contribution is 2.43. The van der Waals surface area contributed by atoms with E-state index < -0.39 is 26.3 Å². The number of allylic oxidation sites excluding steroid dienone is 10. The average molecular weight is 698 g/mol. The molecule has 48 heavy (non-hydrogen) atoms. The van der Waals surface area contributed by atoms with E-state index in [1.807, 2.05) is 21.1 Å². The van der Waals surface area contributed by atoms with Gasteiger partial charge in [-0.25, -0.2) is 4.57 Å². The van der Waals surface area contributed by atoms with Gasteiger partial charge in [0.15, 0.2) is 0 Å². The van der Waals surface area contributed by atoms with E-state index in [1.54, 1.807) is 7.11 Å². The Kier molecular flexibility index (Phi) is 28.4. The fourth-order valence-electron chi connectivity index (χ4n) is 4.42. The molecule has 0 aromatic carbocycles. The molecule has 3 N–H and O–H groups in total. The molecule has 11 heteroatoms. The number of amides is 1. The number of likely N-dealkylation sites (N-methyl/N-ethyl adjacent to an activating group) is 1. The summed E-state index contributed by atoms with van der Waals surface area (Å²) in [7, 11) is 3.00. The number of nitrogens with one attached hydrogen (secondary N) is 1. The zero-order valence-electron chi connectivity index (χ0n) is 30.4. The first-order valence-corrected chi connectivity index (χ1v) is 19.0.